The Balaban J connectivity index is 0.000000739. The maximum Gasteiger partial charge on any atom is -0.109 e. The van der Waals surface area contributed by atoms with E-state index in [9.17, 15) is 0 Å². The molecule has 0 heterocycles. The number of rotatable bonds is 0. The van der Waals surface area contributed by atoms with Crippen LogP contribution in [0.15, 0.2) is 60.7 Å². The van der Waals surface area contributed by atoms with Gasteiger partial charge in [-0.1, -0.05) is 76.9 Å². The number of benzene rings is 2. The fraction of sp³-hybridized carbons (Fsp3) is 0.379. The summed E-state index contributed by atoms with van der Waals surface area (Å²) >= 11 is 1.55. The quantitative estimate of drug-likeness (QED) is 0.380. The molecule has 0 saturated carbocycles. The Labute approximate surface area is 223 Å². The fourth-order valence-corrected chi connectivity index (χ4v) is 3.30. The number of allylic oxidation sites excluding steroid dienone is 4. The van der Waals surface area contributed by atoms with Crippen molar-refractivity contribution in [3.05, 3.63) is 77.9 Å². The van der Waals surface area contributed by atoms with E-state index >= 15 is 0 Å². The van der Waals surface area contributed by atoms with Crippen molar-refractivity contribution < 1.29 is 49.0 Å². The van der Waals surface area contributed by atoms with E-state index in [0.29, 0.717) is 0 Å². The van der Waals surface area contributed by atoms with Crippen molar-refractivity contribution >= 4 is 24.8 Å². The second-order valence-corrected chi connectivity index (χ2v) is 12.7. The van der Waals surface area contributed by atoms with E-state index in [0.717, 1.165) is 6.42 Å². The van der Waals surface area contributed by atoms with Gasteiger partial charge in [0.1, 0.15) is 0 Å². The minimum atomic E-state index is 0. The SMILES string of the molecule is CC(C)(C)c1ccc2c(c1)[cH-]c1cc(C(C)(C)C)ccc12.C[C](C)=[Zr+2].[C-]1=CC=CC1.[Cl-].[Cl-]. The van der Waals surface area contributed by atoms with Crippen LogP contribution in [0.1, 0.15) is 72.9 Å². The van der Waals surface area contributed by atoms with E-state index in [1.54, 1.807) is 24.2 Å². The summed E-state index contributed by atoms with van der Waals surface area (Å²) < 4.78 is 1.51. The van der Waals surface area contributed by atoms with Crippen molar-refractivity contribution in [3.8, 4) is 0 Å². The molecule has 3 aromatic carbocycles. The molecule has 1 aliphatic rings. The minimum Gasteiger partial charge on any atom is -1.00 e. The van der Waals surface area contributed by atoms with E-state index in [1.165, 1.54) is 35.9 Å². The van der Waals surface area contributed by atoms with Gasteiger partial charge in [-0.3, -0.25) is 6.08 Å². The number of fused-ring (bicyclic) bond motifs is 3. The summed E-state index contributed by atoms with van der Waals surface area (Å²) in [4.78, 5) is 0. The molecule has 0 fully saturated rings. The predicted octanol–water partition coefficient (Wildman–Crippen LogP) is 2.37. The minimum absolute atomic E-state index is 0. The average molecular weight is 547 g/mol. The zero-order chi connectivity index (χ0) is 22.5. The number of halogens is 2. The Bertz CT molecular complexity index is 988. The topological polar surface area (TPSA) is 0 Å². The smallest absolute Gasteiger partial charge is 0.109 e. The van der Waals surface area contributed by atoms with Crippen LogP contribution in [0.3, 0.4) is 0 Å². The number of hydrogen-bond acceptors (Lipinski definition) is 0. The zero-order valence-corrected chi connectivity index (χ0v) is 24.7. The predicted molar refractivity (Wildman–Crippen MR) is 132 cm³/mol. The van der Waals surface area contributed by atoms with Gasteiger partial charge < -0.3 is 24.8 Å². The standard InChI is InChI=1S/C21H25.C5H5.C3H6.2ClH.Zr/c1-20(2,3)16-7-9-18-14(12-16)11-15-13-17(21(4,5)6)8-10-19(15)18;1-2-4-5-3-1;1-3-2;;;/h7-13H,1-6H3;1-3H,4H2;1-2H3;2*1H;/q2*-1;;;;+2/p-2. The Kier molecular flexibility index (Phi) is 12.8. The maximum absolute atomic E-state index is 2.99. The van der Waals surface area contributed by atoms with Crippen molar-refractivity contribution in [2.75, 3.05) is 0 Å². The molecule has 4 rings (SSSR count). The molecule has 0 atom stereocenters. The van der Waals surface area contributed by atoms with Crippen LogP contribution < -0.4 is 24.8 Å². The van der Waals surface area contributed by atoms with E-state index in [2.05, 4.69) is 110 Å². The van der Waals surface area contributed by atoms with E-state index in [4.69, 9.17) is 0 Å². The Morgan fingerprint density at radius 2 is 1.22 bits per heavy atom. The van der Waals surface area contributed by atoms with E-state index in [-0.39, 0.29) is 35.6 Å². The van der Waals surface area contributed by atoms with Crippen molar-refractivity contribution in [2.45, 2.75) is 72.6 Å². The van der Waals surface area contributed by atoms with Crippen molar-refractivity contribution in [1.29, 1.82) is 0 Å². The summed E-state index contributed by atoms with van der Waals surface area (Å²) in [5.41, 5.74) is 3.21. The molecule has 0 unspecified atom stereocenters. The van der Waals surface area contributed by atoms with Gasteiger partial charge in [0.2, 0.25) is 0 Å². The van der Waals surface area contributed by atoms with Crippen molar-refractivity contribution in [3.63, 3.8) is 0 Å². The summed E-state index contributed by atoms with van der Waals surface area (Å²) in [6.45, 7) is 17.9. The van der Waals surface area contributed by atoms with Crippen LogP contribution in [0, 0.1) is 6.08 Å². The van der Waals surface area contributed by atoms with Crippen molar-refractivity contribution in [1.82, 2.24) is 0 Å². The second kappa shape index (κ2) is 13.1. The first kappa shape index (κ1) is 31.1. The second-order valence-electron chi connectivity index (χ2n) is 10.3. The van der Waals surface area contributed by atoms with Crippen LogP contribution in [0.25, 0.3) is 21.5 Å². The van der Waals surface area contributed by atoms with Gasteiger partial charge in [0.25, 0.3) is 0 Å². The normalized spacial score (nSPS) is 12.3. The van der Waals surface area contributed by atoms with Gasteiger partial charge in [0, 0.05) is 0 Å². The third-order valence-corrected chi connectivity index (χ3v) is 5.02. The maximum atomic E-state index is 2.99. The molecule has 0 spiro atoms. The molecule has 0 nitrogen and oxygen atoms in total. The molecule has 0 aromatic heterocycles. The summed E-state index contributed by atoms with van der Waals surface area (Å²) in [6, 6.07) is 16.2. The van der Waals surface area contributed by atoms with Gasteiger partial charge in [0.15, 0.2) is 0 Å². The van der Waals surface area contributed by atoms with Gasteiger partial charge in [-0.15, -0.1) is 46.2 Å². The molecule has 0 radical (unpaired) electrons. The molecule has 0 aliphatic heterocycles. The van der Waals surface area contributed by atoms with Gasteiger partial charge >= 0.3 is 41.3 Å². The monoisotopic (exact) mass is 544 g/mol. The molecule has 32 heavy (non-hydrogen) atoms. The largest absolute Gasteiger partial charge is 1.00 e. The van der Waals surface area contributed by atoms with Crippen LogP contribution in [0.4, 0.5) is 0 Å². The molecule has 172 valence electrons. The summed E-state index contributed by atoms with van der Waals surface area (Å²) in [5.74, 6) is 0. The molecular formula is C29H36Cl2Zr-2. The molecule has 3 aromatic rings. The fourth-order valence-electron chi connectivity index (χ4n) is 3.30. The van der Waals surface area contributed by atoms with Crippen LogP contribution in [0.2, 0.25) is 0 Å². The van der Waals surface area contributed by atoms with Crippen molar-refractivity contribution in [2.24, 2.45) is 0 Å². The molecule has 0 saturated heterocycles. The third kappa shape index (κ3) is 9.17. The Morgan fingerprint density at radius 1 is 0.812 bits per heavy atom. The van der Waals surface area contributed by atoms with Crippen LogP contribution in [-0.2, 0) is 35.1 Å². The Morgan fingerprint density at radius 3 is 1.47 bits per heavy atom. The molecule has 0 N–H and O–H groups in total. The molecule has 3 heteroatoms. The van der Waals surface area contributed by atoms with Gasteiger partial charge in [-0.05, 0) is 10.8 Å². The summed E-state index contributed by atoms with van der Waals surface area (Å²) in [6.07, 6.45) is 10.0. The van der Waals surface area contributed by atoms with E-state index in [1.807, 2.05) is 12.2 Å². The average Bonchev–Trinajstić information content (AvgIpc) is 3.30. The Hall–Kier alpha value is -0.877. The van der Waals surface area contributed by atoms with Crippen LogP contribution in [0.5, 0.6) is 0 Å². The van der Waals surface area contributed by atoms with E-state index < -0.39 is 0 Å². The molecule has 0 bridgehead atoms. The first-order valence-electron chi connectivity index (χ1n) is 10.8. The first-order valence-corrected chi connectivity index (χ1v) is 12.0. The summed E-state index contributed by atoms with van der Waals surface area (Å²) in [5, 5.41) is 5.48. The first-order chi connectivity index (χ1) is 13.9. The van der Waals surface area contributed by atoms with Crippen LogP contribution in [-0.4, -0.2) is 3.21 Å². The molecular weight excluding hydrogens is 510 g/mol. The van der Waals surface area contributed by atoms with Gasteiger partial charge in [-0.25, -0.2) is 12.2 Å². The molecule has 1 aliphatic carbocycles. The summed E-state index contributed by atoms with van der Waals surface area (Å²) in [7, 11) is 0. The zero-order valence-electron chi connectivity index (χ0n) is 20.7. The van der Waals surface area contributed by atoms with Gasteiger partial charge in [-0.2, -0.15) is 6.08 Å². The number of hydrogen-bond donors (Lipinski definition) is 0. The molecule has 0 amide bonds. The van der Waals surface area contributed by atoms with Crippen LogP contribution >= 0.6 is 0 Å². The van der Waals surface area contributed by atoms with Gasteiger partial charge in [0.05, 0.1) is 0 Å². The third-order valence-electron chi connectivity index (χ3n) is 5.02.